The van der Waals surface area contributed by atoms with Gasteiger partial charge in [0.1, 0.15) is 0 Å². The molecule has 0 aromatic carbocycles. The van der Waals surface area contributed by atoms with Crippen LogP contribution in [0.25, 0.3) is 0 Å². The molecule has 0 unspecified atom stereocenters. The Balaban J connectivity index is 3.69. The van der Waals surface area contributed by atoms with Gasteiger partial charge in [-0.1, -0.05) is 52.7 Å². The second kappa shape index (κ2) is 5.40. The highest BCUT2D eigenvalue weighted by atomic mass is 14.2. The molecular weight excluding hydrogens is 132 g/mol. The molecule has 0 aliphatic rings. The van der Waals surface area contributed by atoms with Crippen molar-refractivity contribution in [3.05, 3.63) is 19.1 Å². The summed E-state index contributed by atoms with van der Waals surface area (Å²) in [5, 5.41) is 0. The van der Waals surface area contributed by atoms with E-state index >= 15 is 0 Å². The van der Waals surface area contributed by atoms with E-state index in [1.807, 2.05) is 0 Å². The van der Waals surface area contributed by atoms with Crippen LogP contribution in [0.1, 0.15) is 46.5 Å². The molecule has 0 heteroatoms. The van der Waals surface area contributed by atoms with Crippen molar-refractivity contribution in [2.75, 3.05) is 0 Å². The molecule has 0 aromatic rings. The van der Waals surface area contributed by atoms with Crippen LogP contribution in [0.3, 0.4) is 0 Å². The van der Waals surface area contributed by atoms with Crippen molar-refractivity contribution in [1.29, 1.82) is 0 Å². The smallest absolute Gasteiger partial charge is 0.0175 e. The molecule has 0 nitrogen and oxygen atoms in total. The minimum absolute atomic E-state index is 0.358. The Morgan fingerprint density at radius 1 is 1.36 bits per heavy atom. The molecule has 0 bridgehead atoms. The van der Waals surface area contributed by atoms with Crippen molar-refractivity contribution in [2.45, 2.75) is 46.5 Å². The third-order valence-electron chi connectivity index (χ3n) is 1.85. The number of hydrogen-bond donors (Lipinski definition) is 0. The molecular formula is C11H21. The van der Waals surface area contributed by atoms with Gasteiger partial charge in [-0.25, -0.2) is 0 Å². The van der Waals surface area contributed by atoms with E-state index in [2.05, 4.69) is 39.8 Å². The van der Waals surface area contributed by atoms with Crippen LogP contribution < -0.4 is 0 Å². The van der Waals surface area contributed by atoms with E-state index in [0.717, 1.165) is 6.42 Å². The predicted molar refractivity (Wildman–Crippen MR) is 52.4 cm³/mol. The Morgan fingerprint density at radius 2 is 2.00 bits per heavy atom. The first-order valence-electron chi connectivity index (χ1n) is 4.59. The molecule has 0 atom stereocenters. The van der Waals surface area contributed by atoms with Gasteiger partial charge in [0, 0.05) is 0 Å². The summed E-state index contributed by atoms with van der Waals surface area (Å²) in [6.45, 7) is 10.6. The van der Waals surface area contributed by atoms with E-state index in [1.54, 1.807) is 0 Å². The average molecular weight is 153 g/mol. The fourth-order valence-corrected chi connectivity index (χ4v) is 1.11. The standard InChI is InChI=1S/C11H21/c1-5-7-8-10-11(3,4)9-6-2/h8,10H,2,5-7,9H2,1,3-4H3/b10-8+. The first-order chi connectivity index (χ1) is 5.12. The van der Waals surface area contributed by atoms with Gasteiger partial charge < -0.3 is 0 Å². The molecule has 0 aliphatic carbocycles. The molecule has 0 fully saturated rings. The van der Waals surface area contributed by atoms with Crippen LogP contribution >= 0.6 is 0 Å². The minimum Gasteiger partial charge on any atom is -0.0880 e. The Morgan fingerprint density at radius 3 is 2.45 bits per heavy atom. The minimum atomic E-state index is 0.358. The van der Waals surface area contributed by atoms with E-state index in [4.69, 9.17) is 0 Å². The SMILES string of the molecule is [CH2]CCC(C)(C)/C=C/CCC. The van der Waals surface area contributed by atoms with Crippen LogP contribution in [0.4, 0.5) is 0 Å². The summed E-state index contributed by atoms with van der Waals surface area (Å²) in [5.74, 6) is 0. The molecule has 0 spiro atoms. The Labute approximate surface area is 71.7 Å². The fraction of sp³-hybridized carbons (Fsp3) is 0.727. The van der Waals surface area contributed by atoms with Crippen molar-refractivity contribution in [3.63, 3.8) is 0 Å². The summed E-state index contributed by atoms with van der Waals surface area (Å²) in [7, 11) is 0. The average Bonchev–Trinajstić information content (AvgIpc) is 1.87. The van der Waals surface area contributed by atoms with Crippen LogP contribution in [-0.2, 0) is 0 Å². The molecule has 65 valence electrons. The lowest BCUT2D eigenvalue weighted by molar-refractivity contribution is 0.440. The van der Waals surface area contributed by atoms with Crippen LogP contribution in [0, 0.1) is 12.3 Å². The Bertz CT molecular complexity index is 109. The zero-order valence-corrected chi connectivity index (χ0v) is 8.19. The fourth-order valence-electron chi connectivity index (χ4n) is 1.11. The maximum atomic E-state index is 3.87. The van der Waals surface area contributed by atoms with Crippen molar-refractivity contribution in [2.24, 2.45) is 5.41 Å². The summed E-state index contributed by atoms with van der Waals surface area (Å²) in [5.41, 5.74) is 0.358. The highest BCUT2D eigenvalue weighted by molar-refractivity contribution is 4.94. The molecule has 0 aliphatic heterocycles. The molecule has 0 saturated heterocycles. The zero-order chi connectivity index (χ0) is 8.74. The second-order valence-corrected chi connectivity index (χ2v) is 3.78. The number of unbranched alkanes of at least 4 members (excludes halogenated alkanes) is 1. The summed E-state index contributed by atoms with van der Waals surface area (Å²) in [4.78, 5) is 0. The Hall–Kier alpha value is -0.260. The molecule has 0 amide bonds. The first-order valence-corrected chi connectivity index (χ1v) is 4.59. The van der Waals surface area contributed by atoms with Crippen molar-refractivity contribution in [1.82, 2.24) is 0 Å². The van der Waals surface area contributed by atoms with Gasteiger partial charge in [-0.2, -0.15) is 0 Å². The topological polar surface area (TPSA) is 0 Å². The number of hydrogen-bond acceptors (Lipinski definition) is 0. The van der Waals surface area contributed by atoms with Gasteiger partial charge in [-0.05, 0) is 18.3 Å². The van der Waals surface area contributed by atoms with Crippen LogP contribution in [0.2, 0.25) is 0 Å². The summed E-state index contributed by atoms with van der Waals surface area (Å²) < 4.78 is 0. The predicted octanol–water partition coefficient (Wildman–Crippen LogP) is 3.98. The van der Waals surface area contributed by atoms with Gasteiger partial charge in [-0.15, -0.1) is 0 Å². The highest BCUT2D eigenvalue weighted by Crippen LogP contribution is 2.23. The summed E-state index contributed by atoms with van der Waals surface area (Å²) >= 11 is 0. The Kier molecular flexibility index (Phi) is 5.27. The maximum absolute atomic E-state index is 3.87. The third kappa shape index (κ3) is 6.15. The maximum Gasteiger partial charge on any atom is -0.0175 e. The molecule has 0 rings (SSSR count). The van der Waals surface area contributed by atoms with E-state index in [9.17, 15) is 0 Å². The van der Waals surface area contributed by atoms with Crippen molar-refractivity contribution < 1.29 is 0 Å². The molecule has 1 radical (unpaired) electrons. The largest absolute Gasteiger partial charge is 0.0880 e. The first kappa shape index (κ1) is 10.7. The molecule has 0 heterocycles. The summed E-state index contributed by atoms with van der Waals surface area (Å²) in [6, 6.07) is 0. The monoisotopic (exact) mass is 153 g/mol. The van der Waals surface area contributed by atoms with E-state index in [0.29, 0.717) is 5.41 Å². The van der Waals surface area contributed by atoms with Gasteiger partial charge in [0.15, 0.2) is 0 Å². The lowest BCUT2D eigenvalue weighted by atomic mass is 9.87. The van der Waals surface area contributed by atoms with Gasteiger partial charge in [0.25, 0.3) is 0 Å². The molecule has 11 heavy (non-hydrogen) atoms. The molecule has 0 aromatic heterocycles. The molecule has 0 saturated carbocycles. The normalized spacial score (nSPS) is 12.7. The lowest BCUT2D eigenvalue weighted by Gasteiger charge is -2.18. The zero-order valence-electron chi connectivity index (χ0n) is 8.19. The van der Waals surface area contributed by atoms with E-state index < -0.39 is 0 Å². The van der Waals surface area contributed by atoms with Gasteiger partial charge >= 0.3 is 0 Å². The second-order valence-electron chi connectivity index (χ2n) is 3.78. The van der Waals surface area contributed by atoms with Crippen LogP contribution in [0.5, 0.6) is 0 Å². The van der Waals surface area contributed by atoms with E-state index in [1.165, 1.54) is 19.3 Å². The van der Waals surface area contributed by atoms with Crippen molar-refractivity contribution >= 4 is 0 Å². The van der Waals surface area contributed by atoms with Gasteiger partial charge in [0.05, 0.1) is 0 Å². The van der Waals surface area contributed by atoms with Gasteiger partial charge in [-0.3, -0.25) is 0 Å². The van der Waals surface area contributed by atoms with Crippen LogP contribution in [0.15, 0.2) is 12.2 Å². The third-order valence-corrected chi connectivity index (χ3v) is 1.85. The molecule has 0 N–H and O–H groups in total. The quantitative estimate of drug-likeness (QED) is 0.524. The van der Waals surface area contributed by atoms with E-state index in [-0.39, 0.29) is 0 Å². The summed E-state index contributed by atoms with van der Waals surface area (Å²) in [6.07, 6.45) is 9.28. The number of allylic oxidation sites excluding steroid dienone is 2. The number of rotatable bonds is 5. The lowest BCUT2D eigenvalue weighted by Crippen LogP contribution is -2.05. The van der Waals surface area contributed by atoms with Gasteiger partial charge in [0.2, 0.25) is 0 Å². The van der Waals surface area contributed by atoms with Crippen molar-refractivity contribution in [3.8, 4) is 0 Å². The highest BCUT2D eigenvalue weighted by Gasteiger charge is 2.10. The van der Waals surface area contributed by atoms with Crippen LogP contribution in [-0.4, -0.2) is 0 Å².